The maximum absolute atomic E-state index is 11.9. The monoisotopic (exact) mass is 252 g/mol. The maximum atomic E-state index is 11.9. The minimum Gasteiger partial charge on any atom is -0.354 e. The second-order valence-electron chi connectivity index (χ2n) is 4.02. The van der Waals surface area contributed by atoms with Crippen molar-refractivity contribution in [3.8, 4) is 0 Å². The Hall–Kier alpha value is -2.09. The Kier molecular flexibility index (Phi) is 3.19. The molecule has 0 atom stereocenters. The van der Waals surface area contributed by atoms with Gasteiger partial charge in [0.25, 0.3) is 5.56 Å². The number of aromatic nitrogens is 4. The molecule has 8 nitrogen and oxygen atoms in total. The predicted octanol–water partition coefficient (Wildman–Crippen LogP) is -1.41. The van der Waals surface area contributed by atoms with Crippen molar-refractivity contribution >= 4 is 17.1 Å². The van der Waals surface area contributed by atoms with Gasteiger partial charge in [0.05, 0.1) is 0 Å². The van der Waals surface area contributed by atoms with Crippen LogP contribution in [-0.4, -0.2) is 39.2 Å². The Morgan fingerprint density at radius 1 is 1.22 bits per heavy atom. The number of aryl methyl sites for hydroxylation is 1. The molecule has 0 aliphatic rings. The number of anilines is 1. The first-order valence-corrected chi connectivity index (χ1v) is 5.60. The minimum atomic E-state index is -0.388. The number of aromatic amines is 1. The van der Waals surface area contributed by atoms with E-state index in [4.69, 9.17) is 0 Å². The van der Waals surface area contributed by atoms with E-state index in [9.17, 15) is 9.59 Å². The van der Waals surface area contributed by atoms with Gasteiger partial charge in [0, 0.05) is 27.2 Å². The largest absolute Gasteiger partial charge is 0.354 e. The van der Waals surface area contributed by atoms with E-state index in [1.165, 1.54) is 11.6 Å². The molecule has 2 heterocycles. The fraction of sp³-hybridized carbons (Fsp3) is 0.500. The summed E-state index contributed by atoms with van der Waals surface area (Å²) in [4.78, 5) is 30.7. The number of nitrogens with one attached hydrogen (secondary N) is 3. The summed E-state index contributed by atoms with van der Waals surface area (Å²) in [5, 5.41) is 6.02. The van der Waals surface area contributed by atoms with Crippen LogP contribution in [0.15, 0.2) is 9.59 Å². The molecule has 0 saturated heterocycles. The third-order valence-electron chi connectivity index (χ3n) is 2.76. The van der Waals surface area contributed by atoms with Crippen molar-refractivity contribution in [1.29, 1.82) is 0 Å². The van der Waals surface area contributed by atoms with Gasteiger partial charge in [-0.05, 0) is 7.05 Å². The predicted molar refractivity (Wildman–Crippen MR) is 69.0 cm³/mol. The summed E-state index contributed by atoms with van der Waals surface area (Å²) in [6.07, 6.45) is 0. The number of nitrogens with zero attached hydrogens (tertiary/aromatic N) is 3. The van der Waals surface area contributed by atoms with Crippen LogP contribution < -0.4 is 21.9 Å². The van der Waals surface area contributed by atoms with Gasteiger partial charge in [0.1, 0.15) is 0 Å². The van der Waals surface area contributed by atoms with E-state index in [-0.39, 0.29) is 11.2 Å². The molecule has 18 heavy (non-hydrogen) atoms. The van der Waals surface area contributed by atoms with Crippen LogP contribution in [0, 0.1) is 0 Å². The van der Waals surface area contributed by atoms with E-state index in [1.54, 1.807) is 7.05 Å². The first-order valence-electron chi connectivity index (χ1n) is 5.60. The van der Waals surface area contributed by atoms with Crippen molar-refractivity contribution < 1.29 is 0 Å². The van der Waals surface area contributed by atoms with Gasteiger partial charge < -0.3 is 15.6 Å². The Morgan fingerprint density at radius 2 is 1.94 bits per heavy atom. The highest BCUT2D eigenvalue weighted by molar-refractivity contribution is 5.72. The normalized spacial score (nSPS) is 11.1. The Morgan fingerprint density at radius 3 is 2.61 bits per heavy atom. The average molecular weight is 252 g/mol. The summed E-state index contributed by atoms with van der Waals surface area (Å²) in [5.74, 6) is 0.485. The van der Waals surface area contributed by atoms with Crippen LogP contribution in [-0.2, 0) is 14.1 Å². The van der Waals surface area contributed by atoms with Crippen molar-refractivity contribution in [2.24, 2.45) is 14.1 Å². The van der Waals surface area contributed by atoms with E-state index < -0.39 is 0 Å². The molecule has 0 amide bonds. The Bertz CT molecular complexity index is 680. The second-order valence-corrected chi connectivity index (χ2v) is 4.02. The molecule has 2 aromatic heterocycles. The number of likely N-dealkylation sites (N-methyl/N-ethyl adjacent to an activating group) is 1. The molecule has 98 valence electrons. The number of hydrogen-bond acceptors (Lipinski definition) is 5. The first kappa shape index (κ1) is 12.4. The zero-order valence-electron chi connectivity index (χ0n) is 10.6. The Labute approximate surface area is 103 Å². The quantitative estimate of drug-likeness (QED) is 0.581. The van der Waals surface area contributed by atoms with Crippen LogP contribution in [0.4, 0.5) is 5.95 Å². The van der Waals surface area contributed by atoms with E-state index in [1.807, 2.05) is 7.05 Å². The van der Waals surface area contributed by atoms with Gasteiger partial charge in [-0.1, -0.05) is 0 Å². The maximum Gasteiger partial charge on any atom is 0.332 e. The highest BCUT2D eigenvalue weighted by Crippen LogP contribution is 2.07. The van der Waals surface area contributed by atoms with Crippen molar-refractivity contribution in [2.75, 3.05) is 25.5 Å². The molecule has 0 spiro atoms. The lowest BCUT2D eigenvalue weighted by Gasteiger charge is -2.00. The lowest BCUT2D eigenvalue weighted by Crippen LogP contribution is -2.36. The van der Waals surface area contributed by atoms with Crippen molar-refractivity contribution in [3.05, 3.63) is 20.8 Å². The van der Waals surface area contributed by atoms with Crippen LogP contribution in [0.5, 0.6) is 0 Å². The van der Waals surface area contributed by atoms with Crippen molar-refractivity contribution in [3.63, 3.8) is 0 Å². The standard InChI is InChI=1S/C10H16N6O2/c1-11-4-5-12-9-13-6-7(14-9)15(2)10(18)16(3)8(6)17/h11H,4-5H2,1-3H3,(H2,12,13,14). The minimum absolute atomic E-state index is 0.326. The van der Waals surface area contributed by atoms with Gasteiger partial charge in [-0.25, -0.2) is 4.79 Å². The van der Waals surface area contributed by atoms with Crippen LogP contribution in [0.2, 0.25) is 0 Å². The van der Waals surface area contributed by atoms with E-state index in [0.29, 0.717) is 23.7 Å². The number of imidazole rings is 1. The molecule has 8 heteroatoms. The van der Waals surface area contributed by atoms with Gasteiger partial charge in [-0.15, -0.1) is 0 Å². The molecular weight excluding hydrogens is 236 g/mol. The fourth-order valence-corrected chi connectivity index (χ4v) is 1.72. The molecule has 0 fully saturated rings. The molecule has 0 aliphatic carbocycles. The zero-order valence-corrected chi connectivity index (χ0v) is 10.6. The third-order valence-corrected chi connectivity index (χ3v) is 2.76. The SMILES string of the molecule is CNCCNc1nc2c([nH]1)c(=O)n(C)c(=O)n2C. The molecular formula is C10H16N6O2. The van der Waals surface area contributed by atoms with E-state index in [2.05, 4.69) is 20.6 Å². The second kappa shape index (κ2) is 4.65. The van der Waals surface area contributed by atoms with Crippen molar-refractivity contribution in [1.82, 2.24) is 24.4 Å². The highest BCUT2D eigenvalue weighted by Gasteiger charge is 2.12. The molecule has 0 saturated carbocycles. The summed E-state index contributed by atoms with van der Waals surface area (Å²) < 4.78 is 2.40. The molecule has 2 aromatic rings. The van der Waals surface area contributed by atoms with Gasteiger partial charge in [-0.2, -0.15) is 4.98 Å². The molecule has 3 N–H and O–H groups in total. The third kappa shape index (κ3) is 1.90. The van der Waals surface area contributed by atoms with E-state index >= 15 is 0 Å². The summed E-state index contributed by atoms with van der Waals surface area (Å²) in [7, 11) is 4.88. The van der Waals surface area contributed by atoms with Gasteiger partial charge in [0.15, 0.2) is 11.2 Å². The molecule has 0 unspecified atom stereocenters. The van der Waals surface area contributed by atoms with E-state index in [0.717, 1.165) is 11.1 Å². The smallest absolute Gasteiger partial charge is 0.332 e. The number of hydrogen-bond donors (Lipinski definition) is 3. The topological polar surface area (TPSA) is 96.7 Å². The average Bonchev–Trinajstić information content (AvgIpc) is 2.78. The molecule has 0 aromatic carbocycles. The lowest BCUT2D eigenvalue weighted by molar-refractivity contribution is 0.709. The molecule has 2 rings (SSSR count). The van der Waals surface area contributed by atoms with Crippen LogP contribution in [0.1, 0.15) is 0 Å². The highest BCUT2D eigenvalue weighted by atomic mass is 16.2. The van der Waals surface area contributed by atoms with Gasteiger partial charge in [0.2, 0.25) is 5.95 Å². The van der Waals surface area contributed by atoms with Crippen LogP contribution in [0.3, 0.4) is 0 Å². The summed E-state index contributed by atoms with van der Waals surface area (Å²) >= 11 is 0. The zero-order chi connectivity index (χ0) is 13.3. The van der Waals surface area contributed by atoms with Gasteiger partial charge in [-0.3, -0.25) is 13.9 Å². The number of fused-ring (bicyclic) bond motifs is 1. The van der Waals surface area contributed by atoms with Crippen molar-refractivity contribution in [2.45, 2.75) is 0 Å². The molecule has 0 aliphatic heterocycles. The lowest BCUT2D eigenvalue weighted by atomic mass is 10.5. The first-order chi connectivity index (χ1) is 8.56. The fourth-order valence-electron chi connectivity index (χ4n) is 1.72. The summed E-state index contributed by atoms with van der Waals surface area (Å²) in [6, 6.07) is 0. The molecule has 0 radical (unpaired) electrons. The summed E-state index contributed by atoms with van der Waals surface area (Å²) in [6.45, 7) is 1.44. The number of H-pyrrole nitrogens is 1. The van der Waals surface area contributed by atoms with Gasteiger partial charge >= 0.3 is 5.69 Å². The summed E-state index contributed by atoms with van der Waals surface area (Å²) in [5.41, 5.74) is -0.0790. The van der Waals surface area contributed by atoms with Crippen LogP contribution >= 0.6 is 0 Å². The van der Waals surface area contributed by atoms with Crippen LogP contribution in [0.25, 0.3) is 11.2 Å². The number of rotatable bonds is 4. The molecule has 0 bridgehead atoms. The Balaban J connectivity index is 2.51.